The largest absolute Gasteiger partial charge is 0.481 e. The maximum absolute atomic E-state index is 11.9. The summed E-state index contributed by atoms with van der Waals surface area (Å²) in [5.74, 6) is 1.38. The third-order valence-electron chi connectivity index (χ3n) is 2.91. The minimum Gasteiger partial charge on any atom is -0.481 e. The SMILES string of the molecule is CC(Oc1ccccc1)C(=O)NCCSc1ccc(Cl)cc1. The number of nitrogens with one attached hydrogen (secondary N) is 1. The van der Waals surface area contributed by atoms with E-state index in [1.54, 1.807) is 18.7 Å². The number of carbonyl (C=O) groups excluding carboxylic acids is 1. The molecule has 1 amide bonds. The van der Waals surface area contributed by atoms with Crippen molar-refractivity contribution in [2.24, 2.45) is 0 Å². The molecule has 0 aromatic heterocycles. The number of halogens is 1. The number of thioether (sulfide) groups is 1. The normalized spacial score (nSPS) is 11.7. The van der Waals surface area contributed by atoms with E-state index >= 15 is 0 Å². The lowest BCUT2D eigenvalue weighted by molar-refractivity contribution is -0.127. The summed E-state index contributed by atoms with van der Waals surface area (Å²) in [7, 11) is 0. The van der Waals surface area contributed by atoms with E-state index in [4.69, 9.17) is 16.3 Å². The molecule has 22 heavy (non-hydrogen) atoms. The molecule has 0 aliphatic heterocycles. The van der Waals surface area contributed by atoms with E-state index in [9.17, 15) is 4.79 Å². The van der Waals surface area contributed by atoms with Crippen LogP contribution in [-0.2, 0) is 4.79 Å². The standard InChI is InChI=1S/C17H18ClNO2S/c1-13(21-15-5-3-2-4-6-15)17(20)19-11-12-22-16-9-7-14(18)8-10-16/h2-10,13H,11-12H2,1H3,(H,19,20). The lowest BCUT2D eigenvalue weighted by Gasteiger charge is -2.14. The summed E-state index contributed by atoms with van der Waals surface area (Å²) in [6.07, 6.45) is -0.511. The van der Waals surface area contributed by atoms with Gasteiger partial charge in [-0.1, -0.05) is 29.8 Å². The summed E-state index contributed by atoms with van der Waals surface area (Å²) in [5, 5.41) is 3.60. The fraction of sp³-hybridized carbons (Fsp3) is 0.235. The summed E-state index contributed by atoms with van der Waals surface area (Å²) < 4.78 is 5.57. The second-order valence-electron chi connectivity index (χ2n) is 4.67. The minimum absolute atomic E-state index is 0.111. The van der Waals surface area contributed by atoms with Gasteiger partial charge in [-0.15, -0.1) is 11.8 Å². The van der Waals surface area contributed by atoms with E-state index in [1.807, 2.05) is 54.6 Å². The fourth-order valence-corrected chi connectivity index (χ4v) is 2.67. The van der Waals surface area contributed by atoms with Crippen molar-refractivity contribution in [3.63, 3.8) is 0 Å². The molecule has 1 N–H and O–H groups in total. The fourth-order valence-electron chi connectivity index (χ4n) is 1.77. The van der Waals surface area contributed by atoms with Crippen molar-refractivity contribution in [1.82, 2.24) is 5.32 Å². The number of hydrogen-bond donors (Lipinski definition) is 1. The number of carbonyl (C=O) groups is 1. The van der Waals surface area contributed by atoms with E-state index in [2.05, 4.69) is 5.32 Å². The van der Waals surface area contributed by atoms with Gasteiger partial charge in [-0.3, -0.25) is 4.79 Å². The summed E-state index contributed by atoms with van der Waals surface area (Å²) in [4.78, 5) is 13.1. The smallest absolute Gasteiger partial charge is 0.260 e. The maximum atomic E-state index is 11.9. The molecule has 0 spiro atoms. The van der Waals surface area contributed by atoms with Gasteiger partial charge in [-0.05, 0) is 43.3 Å². The molecule has 0 saturated carbocycles. The molecule has 5 heteroatoms. The second kappa shape index (κ2) is 8.71. The van der Waals surface area contributed by atoms with Crippen LogP contribution in [0, 0.1) is 0 Å². The first kappa shape index (κ1) is 16.7. The second-order valence-corrected chi connectivity index (χ2v) is 6.27. The third kappa shape index (κ3) is 5.62. The molecule has 2 aromatic rings. The first-order valence-electron chi connectivity index (χ1n) is 7.03. The highest BCUT2D eigenvalue weighted by molar-refractivity contribution is 7.99. The Morgan fingerprint density at radius 2 is 1.86 bits per heavy atom. The molecule has 1 unspecified atom stereocenters. The van der Waals surface area contributed by atoms with Crippen LogP contribution in [0.15, 0.2) is 59.5 Å². The lowest BCUT2D eigenvalue weighted by atomic mass is 10.3. The van der Waals surface area contributed by atoms with Gasteiger partial charge in [0.25, 0.3) is 5.91 Å². The van der Waals surface area contributed by atoms with Crippen LogP contribution in [0.25, 0.3) is 0 Å². The quantitative estimate of drug-likeness (QED) is 0.613. The number of benzene rings is 2. The van der Waals surface area contributed by atoms with Gasteiger partial charge >= 0.3 is 0 Å². The maximum Gasteiger partial charge on any atom is 0.260 e. The Balaban J connectivity index is 1.67. The van der Waals surface area contributed by atoms with Crippen LogP contribution in [0.5, 0.6) is 5.75 Å². The Morgan fingerprint density at radius 3 is 2.55 bits per heavy atom. The molecule has 2 rings (SSSR count). The van der Waals surface area contributed by atoms with E-state index in [0.717, 1.165) is 15.7 Å². The van der Waals surface area contributed by atoms with Crippen LogP contribution in [0.3, 0.4) is 0 Å². The molecule has 1 atom stereocenters. The van der Waals surface area contributed by atoms with Crippen molar-refractivity contribution in [2.45, 2.75) is 17.9 Å². The average molecular weight is 336 g/mol. The molecular weight excluding hydrogens is 318 g/mol. The Bertz CT molecular complexity index is 589. The van der Waals surface area contributed by atoms with Crippen LogP contribution >= 0.6 is 23.4 Å². The van der Waals surface area contributed by atoms with Crippen LogP contribution < -0.4 is 10.1 Å². The lowest BCUT2D eigenvalue weighted by Crippen LogP contribution is -2.37. The van der Waals surface area contributed by atoms with Crippen LogP contribution in [-0.4, -0.2) is 24.3 Å². The molecule has 0 saturated heterocycles. The van der Waals surface area contributed by atoms with E-state index in [1.165, 1.54) is 0 Å². The van der Waals surface area contributed by atoms with Crippen molar-refractivity contribution in [1.29, 1.82) is 0 Å². The topological polar surface area (TPSA) is 38.3 Å². The predicted octanol–water partition coefficient (Wildman–Crippen LogP) is 4.02. The number of amides is 1. The van der Waals surface area contributed by atoms with Crippen molar-refractivity contribution >= 4 is 29.3 Å². The van der Waals surface area contributed by atoms with Gasteiger partial charge in [0.1, 0.15) is 5.75 Å². The van der Waals surface area contributed by atoms with Gasteiger partial charge in [0, 0.05) is 22.2 Å². The molecule has 0 radical (unpaired) electrons. The molecule has 0 heterocycles. The highest BCUT2D eigenvalue weighted by atomic mass is 35.5. The Labute approximate surface area is 140 Å². The highest BCUT2D eigenvalue weighted by Gasteiger charge is 2.13. The predicted molar refractivity (Wildman–Crippen MR) is 91.7 cm³/mol. The third-order valence-corrected chi connectivity index (χ3v) is 4.17. The zero-order valence-corrected chi connectivity index (χ0v) is 13.9. The van der Waals surface area contributed by atoms with Gasteiger partial charge in [-0.2, -0.15) is 0 Å². The van der Waals surface area contributed by atoms with E-state index < -0.39 is 6.10 Å². The zero-order valence-electron chi connectivity index (χ0n) is 12.3. The van der Waals surface area contributed by atoms with Gasteiger partial charge < -0.3 is 10.1 Å². The monoisotopic (exact) mass is 335 g/mol. The van der Waals surface area contributed by atoms with Gasteiger partial charge in [-0.25, -0.2) is 0 Å². The molecule has 0 aliphatic carbocycles. The molecule has 2 aromatic carbocycles. The van der Waals surface area contributed by atoms with Crippen molar-refractivity contribution in [3.8, 4) is 5.75 Å². The molecule has 0 aliphatic rings. The van der Waals surface area contributed by atoms with Crippen molar-refractivity contribution in [3.05, 3.63) is 59.6 Å². The summed E-state index contributed by atoms with van der Waals surface area (Å²) in [6, 6.07) is 17.0. The van der Waals surface area contributed by atoms with Gasteiger partial charge in [0.2, 0.25) is 0 Å². The number of rotatable bonds is 7. The molecule has 0 fully saturated rings. The Hall–Kier alpha value is -1.65. The van der Waals surface area contributed by atoms with Gasteiger partial charge in [0.15, 0.2) is 6.10 Å². The Morgan fingerprint density at radius 1 is 1.18 bits per heavy atom. The van der Waals surface area contributed by atoms with Crippen LogP contribution in [0.2, 0.25) is 5.02 Å². The van der Waals surface area contributed by atoms with E-state index in [0.29, 0.717) is 12.3 Å². The van der Waals surface area contributed by atoms with Gasteiger partial charge in [0.05, 0.1) is 0 Å². The zero-order chi connectivity index (χ0) is 15.8. The molecular formula is C17H18ClNO2S. The summed E-state index contributed by atoms with van der Waals surface area (Å²) in [6.45, 7) is 2.34. The summed E-state index contributed by atoms with van der Waals surface area (Å²) >= 11 is 7.51. The van der Waals surface area contributed by atoms with Crippen LogP contribution in [0.1, 0.15) is 6.92 Å². The minimum atomic E-state index is -0.511. The number of hydrogen-bond acceptors (Lipinski definition) is 3. The molecule has 116 valence electrons. The van der Waals surface area contributed by atoms with Crippen molar-refractivity contribution < 1.29 is 9.53 Å². The van der Waals surface area contributed by atoms with Crippen LogP contribution in [0.4, 0.5) is 0 Å². The number of para-hydroxylation sites is 1. The van der Waals surface area contributed by atoms with E-state index in [-0.39, 0.29) is 5.91 Å². The average Bonchev–Trinajstić information content (AvgIpc) is 2.54. The first-order chi connectivity index (χ1) is 10.6. The summed E-state index contributed by atoms with van der Waals surface area (Å²) in [5.41, 5.74) is 0. The first-order valence-corrected chi connectivity index (χ1v) is 8.39. The number of ether oxygens (including phenoxy) is 1. The molecule has 0 bridgehead atoms. The Kier molecular flexibility index (Phi) is 6.62. The van der Waals surface area contributed by atoms with Crippen molar-refractivity contribution in [2.75, 3.05) is 12.3 Å². The highest BCUT2D eigenvalue weighted by Crippen LogP contribution is 2.19. The molecule has 3 nitrogen and oxygen atoms in total.